The molecule has 0 radical (unpaired) electrons. The lowest BCUT2D eigenvalue weighted by atomic mass is 10.1. The van der Waals surface area contributed by atoms with E-state index in [1.54, 1.807) is 0 Å². The number of nitrogens with zero attached hydrogens (tertiary/aromatic N) is 1. The van der Waals surface area contributed by atoms with Crippen LogP contribution in [0.5, 0.6) is 0 Å². The molecule has 25 heavy (non-hydrogen) atoms. The molecule has 0 aliphatic rings. The first-order chi connectivity index (χ1) is 11.9. The molecule has 128 valence electrons. The van der Waals surface area contributed by atoms with Crippen molar-refractivity contribution in [2.75, 3.05) is 5.32 Å². The van der Waals surface area contributed by atoms with Crippen LogP contribution in [0.1, 0.15) is 32.1 Å². The lowest BCUT2D eigenvalue weighted by molar-refractivity contribution is 0.102. The Morgan fingerprint density at radius 1 is 1.12 bits per heavy atom. The molecule has 1 N–H and O–H groups in total. The summed E-state index contributed by atoms with van der Waals surface area (Å²) in [6.45, 7) is 3.89. The van der Waals surface area contributed by atoms with Crippen LogP contribution < -0.4 is 5.32 Å². The fourth-order valence-corrected chi connectivity index (χ4v) is 3.36. The summed E-state index contributed by atoms with van der Waals surface area (Å²) in [6.07, 6.45) is 0.702. The molecule has 0 atom stereocenters. The van der Waals surface area contributed by atoms with Gasteiger partial charge in [-0.1, -0.05) is 29.8 Å². The quantitative estimate of drug-likeness (QED) is 0.722. The highest BCUT2D eigenvalue weighted by molar-refractivity contribution is 7.15. The third kappa shape index (κ3) is 4.09. The molecule has 1 aromatic heterocycles. The summed E-state index contributed by atoms with van der Waals surface area (Å²) in [5.74, 6) is -2.15. The first-order valence-electron chi connectivity index (χ1n) is 7.70. The fraction of sp³-hybridized carbons (Fsp3) is 0.158. The summed E-state index contributed by atoms with van der Waals surface area (Å²) in [5.41, 5.74) is 2.80. The lowest BCUT2D eigenvalue weighted by Gasteiger charge is -2.03. The van der Waals surface area contributed by atoms with Gasteiger partial charge in [-0.15, -0.1) is 11.3 Å². The van der Waals surface area contributed by atoms with Gasteiger partial charge in [0.25, 0.3) is 5.91 Å². The van der Waals surface area contributed by atoms with Crippen molar-refractivity contribution in [1.29, 1.82) is 0 Å². The van der Waals surface area contributed by atoms with Gasteiger partial charge >= 0.3 is 0 Å². The van der Waals surface area contributed by atoms with E-state index in [1.165, 1.54) is 16.9 Å². The van der Waals surface area contributed by atoms with Gasteiger partial charge in [-0.05, 0) is 37.6 Å². The van der Waals surface area contributed by atoms with Crippen molar-refractivity contribution in [3.63, 3.8) is 0 Å². The molecule has 0 fully saturated rings. The van der Waals surface area contributed by atoms with Gasteiger partial charge in [-0.3, -0.25) is 10.1 Å². The first-order valence-corrected chi connectivity index (χ1v) is 8.52. The molecule has 2 aromatic carbocycles. The Bertz CT molecular complexity index is 920. The van der Waals surface area contributed by atoms with Gasteiger partial charge in [-0.2, -0.15) is 0 Å². The van der Waals surface area contributed by atoms with Crippen molar-refractivity contribution in [3.05, 3.63) is 81.4 Å². The van der Waals surface area contributed by atoms with E-state index in [4.69, 9.17) is 0 Å². The molecular weight excluding hydrogens is 342 g/mol. The van der Waals surface area contributed by atoms with Crippen LogP contribution in [-0.4, -0.2) is 10.9 Å². The van der Waals surface area contributed by atoms with Gasteiger partial charge in [0.1, 0.15) is 11.6 Å². The van der Waals surface area contributed by atoms with Crippen molar-refractivity contribution >= 4 is 22.4 Å². The van der Waals surface area contributed by atoms with Gasteiger partial charge in [0.15, 0.2) is 5.13 Å². The number of hydrogen-bond donors (Lipinski definition) is 1. The second-order valence-electron chi connectivity index (χ2n) is 5.77. The van der Waals surface area contributed by atoms with Crippen LogP contribution in [0.2, 0.25) is 0 Å². The Hall–Kier alpha value is -2.60. The maximum absolute atomic E-state index is 13.7. The van der Waals surface area contributed by atoms with E-state index in [9.17, 15) is 13.6 Å². The van der Waals surface area contributed by atoms with Crippen LogP contribution in [0.4, 0.5) is 13.9 Å². The number of amides is 1. The van der Waals surface area contributed by atoms with E-state index in [2.05, 4.69) is 22.4 Å². The molecule has 0 spiro atoms. The second-order valence-corrected chi connectivity index (χ2v) is 6.85. The van der Waals surface area contributed by atoms with Crippen molar-refractivity contribution in [1.82, 2.24) is 4.98 Å². The minimum Gasteiger partial charge on any atom is -0.298 e. The Labute approximate surface area is 148 Å². The van der Waals surface area contributed by atoms with E-state index in [-0.39, 0.29) is 5.56 Å². The summed E-state index contributed by atoms with van der Waals surface area (Å²) >= 11 is 1.33. The number of aromatic nitrogens is 1. The Morgan fingerprint density at radius 3 is 2.56 bits per heavy atom. The summed E-state index contributed by atoms with van der Waals surface area (Å²) in [7, 11) is 0. The zero-order valence-corrected chi connectivity index (χ0v) is 14.6. The standard InChI is InChI=1S/C19H16F2N2OS/c1-11-3-5-13(6-4-11)9-17-12(2)22-19(25-17)23-18(24)15-10-14(20)7-8-16(15)21/h3-8,10H,9H2,1-2H3,(H,22,23,24). The zero-order chi connectivity index (χ0) is 18.0. The van der Waals surface area contributed by atoms with Crippen LogP contribution in [0, 0.1) is 25.5 Å². The fourth-order valence-electron chi connectivity index (χ4n) is 2.37. The SMILES string of the molecule is Cc1ccc(Cc2sc(NC(=O)c3cc(F)ccc3F)nc2C)cc1. The van der Waals surface area contributed by atoms with Gasteiger partial charge in [0.2, 0.25) is 0 Å². The number of rotatable bonds is 4. The molecule has 1 heterocycles. The van der Waals surface area contributed by atoms with Crippen LogP contribution in [0.3, 0.4) is 0 Å². The van der Waals surface area contributed by atoms with Crippen LogP contribution in [0.15, 0.2) is 42.5 Å². The number of thiazole rings is 1. The average Bonchev–Trinajstić information content (AvgIpc) is 2.91. The first kappa shape index (κ1) is 17.2. The van der Waals surface area contributed by atoms with Crippen LogP contribution in [-0.2, 0) is 6.42 Å². The third-order valence-electron chi connectivity index (χ3n) is 3.77. The molecule has 1 amide bonds. The van der Waals surface area contributed by atoms with E-state index < -0.39 is 17.5 Å². The second kappa shape index (κ2) is 7.11. The molecule has 0 unspecified atom stereocenters. The largest absolute Gasteiger partial charge is 0.298 e. The summed E-state index contributed by atoms with van der Waals surface area (Å²) in [6, 6.07) is 11.0. The Balaban J connectivity index is 1.77. The maximum Gasteiger partial charge on any atom is 0.260 e. The summed E-state index contributed by atoms with van der Waals surface area (Å²) in [5, 5.41) is 2.91. The molecule has 0 saturated carbocycles. The van der Waals surface area contributed by atoms with Crippen molar-refractivity contribution in [3.8, 4) is 0 Å². The normalized spacial score (nSPS) is 10.7. The molecule has 0 aliphatic heterocycles. The highest BCUT2D eigenvalue weighted by atomic mass is 32.1. The number of hydrogen-bond acceptors (Lipinski definition) is 3. The van der Waals surface area contributed by atoms with E-state index >= 15 is 0 Å². The molecular formula is C19H16F2N2OS. The third-order valence-corrected chi connectivity index (χ3v) is 4.84. The molecule has 3 rings (SSSR count). The van der Waals surface area contributed by atoms with Crippen LogP contribution in [0.25, 0.3) is 0 Å². The summed E-state index contributed by atoms with van der Waals surface area (Å²) < 4.78 is 26.9. The van der Waals surface area contributed by atoms with Crippen molar-refractivity contribution < 1.29 is 13.6 Å². The smallest absolute Gasteiger partial charge is 0.260 e. The predicted molar refractivity (Wildman–Crippen MR) is 95.1 cm³/mol. The van der Waals surface area contributed by atoms with Crippen LogP contribution >= 0.6 is 11.3 Å². The molecule has 3 nitrogen and oxygen atoms in total. The van der Waals surface area contributed by atoms with Gasteiger partial charge < -0.3 is 0 Å². The van der Waals surface area contributed by atoms with Gasteiger partial charge in [0.05, 0.1) is 11.3 Å². The minimum absolute atomic E-state index is 0.340. The lowest BCUT2D eigenvalue weighted by Crippen LogP contribution is -2.13. The number of carbonyl (C=O) groups is 1. The number of aryl methyl sites for hydroxylation is 2. The van der Waals surface area contributed by atoms with Crippen molar-refractivity contribution in [2.24, 2.45) is 0 Å². The number of anilines is 1. The van der Waals surface area contributed by atoms with Gasteiger partial charge in [-0.25, -0.2) is 13.8 Å². The number of benzene rings is 2. The van der Waals surface area contributed by atoms with Gasteiger partial charge in [0, 0.05) is 11.3 Å². The number of nitrogens with one attached hydrogen (secondary N) is 1. The van der Waals surface area contributed by atoms with E-state index in [0.29, 0.717) is 11.6 Å². The van der Waals surface area contributed by atoms with E-state index in [1.807, 2.05) is 26.0 Å². The molecule has 0 aliphatic carbocycles. The van der Waals surface area contributed by atoms with Crippen molar-refractivity contribution in [2.45, 2.75) is 20.3 Å². The number of halogens is 2. The molecule has 3 aromatic rings. The Kier molecular flexibility index (Phi) is 4.90. The number of carbonyl (C=O) groups excluding carboxylic acids is 1. The molecule has 0 saturated heterocycles. The minimum atomic E-state index is -0.771. The predicted octanol–water partition coefficient (Wildman–Crippen LogP) is 4.88. The maximum atomic E-state index is 13.7. The van der Waals surface area contributed by atoms with E-state index in [0.717, 1.165) is 34.3 Å². The topological polar surface area (TPSA) is 42.0 Å². The highest BCUT2D eigenvalue weighted by Crippen LogP contribution is 2.26. The molecule has 0 bridgehead atoms. The zero-order valence-electron chi connectivity index (χ0n) is 13.8. The Morgan fingerprint density at radius 2 is 1.84 bits per heavy atom. The monoisotopic (exact) mass is 358 g/mol. The summed E-state index contributed by atoms with van der Waals surface area (Å²) in [4.78, 5) is 17.5. The average molecular weight is 358 g/mol. The molecule has 6 heteroatoms. The highest BCUT2D eigenvalue weighted by Gasteiger charge is 2.16.